The predicted octanol–water partition coefficient (Wildman–Crippen LogP) is 1.58. The van der Waals surface area contributed by atoms with Gasteiger partial charge in [0.05, 0.1) is 31.9 Å². The van der Waals surface area contributed by atoms with Gasteiger partial charge >= 0.3 is 5.97 Å². The number of allylic oxidation sites excluding steroid dienone is 1. The molecule has 110 valence electrons. The van der Waals surface area contributed by atoms with Crippen LogP contribution in [0.4, 0.5) is 0 Å². The van der Waals surface area contributed by atoms with E-state index in [-0.39, 0.29) is 5.97 Å². The summed E-state index contributed by atoms with van der Waals surface area (Å²) in [6.07, 6.45) is 3.66. The average Bonchev–Trinajstić information content (AvgIpc) is 2.73. The quantitative estimate of drug-likeness (QED) is 0.520. The summed E-state index contributed by atoms with van der Waals surface area (Å²) in [6, 6.07) is 0.603. The normalized spacial score (nSPS) is 23.8. The number of esters is 1. The maximum absolute atomic E-state index is 11.6. The molecule has 1 heterocycles. The lowest BCUT2D eigenvalue weighted by molar-refractivity contribution is -0.137. The first-order valence-corrected chi connectivity index (χ1v) is 6.75. The van der Waals surface area contributed by atoms with Crippen molar-refractivity contribution in [1.29, 1.82) is 0 Å². The van der Waals surface area contributed by atoms with Gasteiger partial charge < -0.3 is 19.1 Å². The number of likely N-dealkylation sites (tertiary alicyclic amines) is 1. The van der Waals surface area contributed by atoms with Crippen LogP contribution in [0.1, 0.15) is 26.7 Å². The van der Waals surface area contributed by atoms with Crippen LogP contribution in [0.3, 0.4) is 0 Å². The third-order valence-corrected chi connectivity index (χ3v) is 3.36. The first-order valence-electron chi connectivity index (χ1n) is 6.75. The first-order chi connectivity index (χ1) is 9.13. The molecule has 0 aromatic rings. The minimum absolute atomic E-state index is 0.292. The Bertz CT molecular complexity index is 303. The van der Waals surface area contributed by atoms with E-state index in [2.05, 4.69) is 4.90 Å². The Kier molecular flexibility index (Phi) is 6.87. The van der Waals surface area contributed by atoms with Crippen LogP contribution in [0.2, 0.25) is 0 Å². The Labute approximate surface area is 115 Å². The Morgan fingerprint density at radius 1 is 1.21 bits per heavy atom. The molecule has 0 N–H and O–H groups in total. The van der Waals surface area contributed by atoms with Crippen LogP contribution >= 0.6 is 0 Å². The maximum Gasteiger partial charge on any atom is 0.332 e. The highest BCUT2D eigenvalue weighted by Crippen LogP contribution is 2.28. The second-order valence-corrected chi connectivity index (χ2v) is 4.74. The molecule has 1 fully saturated rings. The van der Waals surface area contributed by atoms with Crippen LogP contribution in [-0.2, 0) is 19.0 Å². The van der Waals surface area contributed by atoms with E-state index in [1.807, 2.05) is 6.92 Å². The summed E-state index contributed by atoms with van der Waals surface area (Å²) < 4.78 is 15.5. The number of carbonyl (C=O) groups is 1. The van der Waals surface area contributed by atoms with Gasteiger partial charge in [0.25, 0.3) is 0 Å². The van der Waals surface area contributed by atoms with Crippen LogP contribution in [0, 0.1) is 0 Å². The maximum atomic E-state index is 11.6. The lowest BCUT2D eigenvalue weighted by Crippen LogP contribution is -2.39. The highest BCUT2D eigenvalue weighted by atomic mass is 16.5. The molecule has 0 radical (unpaired) electrons. The SMILES string of the molecule is CCOC(=O)/C=C(\C)N1[C@@H](COC)CC[C@@H]1COC. The molecule has 5 nitrogen and oxygen atoms in total. The van der Waals surface area contributed by atoms with Crippen molar-refractivity contribution in [2.24, 2.45) is 0 Å². The summed E-state index contributed by atoms with van der Waals surface area (Å²) in [7, 11) is 3.40. The second-order valence-electron chi connectivity index (χ2n) is 4.74. The smallest absolute Gasteiger partial charge is 0.332 e. The molecule has 1 aliphatic rings. The molecule has 0 aromatic carbocycles. The zero-order valence-corrected chi connectivity index (χ0v) is 12.3. The summed E-state index contributed by atoms with van der Waals surface area (Å²) in [5.74, 6) is -0.292. The van der Waals surface area contributed by atoms with Crippen molar-refractivity contribution < 1.29 is 19.0 Å². The lowest BCUT2D eigenvalue weighted by Gasteiger charge is -2.32. The van der Waals surface area contributed by atoms with E-state index in [9.17, 15) is 4.79 Å². The number of methoxy groups -OCH3 is 2. The molecule has 5 heteroatoms. The Morgan fingerprint density at radius 3 is 2.16 bits per heavy atom. The largest absolute Gasteiger partial charge is 0.463 e. The lowest BCUT2D eigenvalue weighted by atomic mass is 10.2. The molecule has 0 aromatic heterocycles. The van der Waals surface area contributed by atoms with Crippen LogP contribution in [0.25, 0.3) is 0 Å². The first kappa shape index (κ1) is 16.0. The number of carbonyl (C=O) groups excluding carboxylic acids is 1. The van der Waals surface area contributed by atoms with Gasteiger partial charge in [-0.15, -0.1) is 0 Å². The van der Waals surface area contributed by atoms with Crippen LogP contribution in [-0.4, -0.2) is 57.0 Å². The van der Waals surface area contributed by atoms with Gasteiger partial charge in [-0.2, -0.15) is 0 Å². The van der Waals surface area contributed by atoms with E-state index in [4.69, 9.17) is 14.2 Å². The Hall–Kier alpha value is -1.07. The Balaban J connectivity index is 2.78. The van der Waals surface area contributed by atoms with E-state index < -0.39 is 0 Å². The summed E-state index contributed by atoms with van der Waals surface area (Å²) in [4.78, 5) is 13.8. The van der Waals surface area contributed by atoms with E-state index in [1.165, 1.54) is 0 Å². The van der Waals surface area contributed by atoms with Crippen molar-refractivity contribution in [1.82, 2.24) is 4.90 Å². The van der Waals surface area contributed by atoms with Gasteiger partial charge in [0.1, 0.15) is 0 Å². The summed E-state index contributed by atoms with van der Waals surface area (Å²) in [6.45, 7) is 5.46. The molecule has 0 bridgehead atoms. The number of rotatable bonds is 7. The topological polar surface area (TPSA) is 48.0 Å². The van der Waals surface area contributed by atoms with Gasteiger partial charge in [0.2, 0.25) is 0 Å². The monoisotopic (exact) mass is 271 g/mol. The highest BCUT2D eigenvalue weighted by molar-refractivity contribution is 5.82. The third kappa shape index (κ3) is 4.51. The fourth-order valence-electron chi connectivity index (χ4n) is 2.68. The second kappa shape index (κ2) is 8.17. The molecule has 2 atom stereocenters. The van der Waals surface area contributed by atoms with Gasteiger partial charge in [-0.05, 0) is 26.7 Å². The number of nitrogens with zero attached hydrogens (tertiary/aromatic N) is 1. The van der Waals surface area contributed by atoms with Crippen molar-refractivity contribution in [2.75, 3.05) is 34.0 Å². The van der Waals surface area contributed by atoms with Gasteiger partial charge in [0, 0.05) is 26.0 Å². The van der Waals surface area contributed by atoms with Gasteiger partial charge in [0.15, 0.2) is 0 Å². The number of hydrogen-bond donors (Lipinski definition) is 0. The molecule has 1 saturated heterocycles. The van der Waals surface area contributed by atoms with E-state index in [0.29, 0.717) is 31.9 Å². The molecule has 1 aliphatic heterocycles. The third-order valence-electron chi connectivity index (χ3n) is 3.36. The van der Waals surface area contributed by atoms with Crippen molar-refractivity contribution in [3.05, 3.63) is 11.8 Å². The highest BCUT2D eigenvalue weighted by Gasteiger charge is 2.33. The molecule has 1 rings (SSSR count). The standard InChI is InChI=1S/C14H25NO4/c1-5-19-14(16)8-11(2)15-12(9-17-3)6-7-13(15)10-18-4/h8,12-13H,5-7,9-10H2,1-4H3/b11-8+/t12-,13-/m1/s1. The summed E-state index contributed by atoms with van der Waals surface area (Å²) in [5, 5.41) is 0. The van der Waals surface area contributed by atoms with Crippen LogP contribution < -0.4 is 0 Å². The van der Waals surface area contributed by atoms with Crippen molar-refractivity contribution in [3.8, 4) is 0 Å². The molecular formula is C14H25NO4. The molecule has 0 saturated carbocycles. The molecular weight excluding hydrogens is 246 g/mol. The van der Waals surface area contributed by atoms with Gasteiger partial charge in [-0.1, -0.05) is 0 Å². The van der Waals surface area contributed by atoms with Crippen molar-refractivity contribution >= 4 is 5.97 Å². The molecule has 0 amide bonds. The van der Waals surface area contributed by atoms with E-state index in [1.54, 1.807) is 27.2 Å². The van der Waals surface area contributed by atoms with E-state index >= 15 is 0 Å². The van der Waals surface area contributed by atoms with Crippen molar-refractivity contribution in [2.45, 2.75) is 38.8 Å². The average molecular weight is 271 g/mol. The fourth-order valence-corrected chi connectivity index (χ4v) is 2.68. The zero-order valence-electron chi connectivity index (χ0n) is 12.3. The minimum Gasteiger partial charge on any atom is -0.463 e. The van der Waals surface area contributed by atoms with Gasteiger partial charge in [-0.25, -0.2) is 4.79 Å². The number of hydrogen-bond acceptors (Lipinski definition) is 5. The molecule has 0 spiro atoms. The molecule has 0 unspecified atom stereocenters. The number of ether oxygens (including phenoxy) is 3. The fraction of sp³-hybridized carbons (Fsp3) is 0.786. The minimum atomic E-state index is -0.292. The van der Waals surface area contributed by atoms with Gasteiger partial charge in [-0.3, -0.25) is 0 Å². The molecule has 0 aliphatic carbocycles. The Morgan fingerprint density at radius 2 is 1.74 bits per heavy atom. The predicted molar refractivity (Wildman–Crippen MR) is 72.8 cm³/mol. The summed E-state index contributed by atoms with van der Waals surface area (Å²) >= 11 is 0. The van der Waals surface area contributed by atoms with Crippen LogP contribution in [0.15, 0.2) is 11.8 Å². The van der Waals surface area contributed by atoms with Crippen LogP contribution in [0.5, 0.6) is 0 Å². The summed E-state index contributed by atoms with van der Waals surface area (Å²) in [5.41, 5.74) is 0.917. The zero-order chi connectivity index (χ0) is 14.3. The van der Waals surface area contributed by atoms with Crippen molar-refractivity contribution in [3.63, 3.8) is 0 Å². The molecule has 19 heavy (non-hydrogen) atoms. The van der Waals surface area contributed by atoms with E-state index in [0.717, 1.165) is 18.5 Å².